The Kier molecular flexibility index (Phi) is 2.21. The molecule has 1 atom stereocenters. The molecular weight excluding hydrogens is 150 g/mol. The second kappa shape index (κ2) is 2.80. The first-order chi connectivity index (χ1) is 4.69. The molecule has 0 bridgehead atoms. The molecule has 0 radical (unpaired) electrons. The summed E-state index contributed by atoms with van der Waals surface area (Å²) in [5.74, 6) is 1.16. The maximum Gasteiger partial charge on any atom is 0.252 e. The lowest BCUT2D eigenvalue weighted by atomic mass is 10.0. The van der Waals surface area contributed by atoms with E-state index in [-0.39, 0.29) is 5.91 Å². The van der Waals surface area contributed by atoms with E-state index in [1.54, 1.807) is 18.8 Å². The molecule has 0 aliphatic carbocycles. The highest BCUT2D eigenvalue weighted by Gasteiger charge is 2.38. The van der Waals surface area contributed by atoms with Gasteiger partial charge in [0.15, 0.2) is 5.60 Å². The van der Waals surface area contributed by atoms with Crippen LogP contribution in [0.25, 0.3) is 0 Å². The summed E-state index contributed by atoms with van der Waals surface area (Å²) in [6.45, 7) is 0. The molecule has 1 unspecified atom stereocenters. The Hall–Kier alpha value is -0.220. The molecule has 1 fully saturated rings. The number of hydrogen-bond acceptors (Lipinski definition) is 3. The lowest BCUT2D eigenvalue weighted by Crippen LogP contribution is -2.45. The highest BCUT2D eigenvalue weighted by Crippen LogP contribution is 2.27. The molecule has 0 spiro atoms. The summed E-state index contributed by atoms with van der Waals surface area (Å²) < 4.78 is 0. The monoisotopic (exact) mass is 161 g/mol. The predicted octanol–water partition coefficient (Wildman–Crippen LogP) is -0.400. The number of likely N-dealkylation sites (N-methyl/N-ethyl adjacent to an activating group) is 1. The fourth-order valence-electron chi connectivity index (χ4n) is 0.966. The molecular formula is C6H11NO2S. The van der Waals surface area contributed by atoms with Crippen LogP contribution in [0.2, 0.25) is 0 Å². The van der Waals surface area contributed by atoms with Crippen LogP contribution in [0.1, 0.15) is 6.42 Å². The van der Waals surface area contributed by atoms with E-state index in [4.69, 9.17) is 0 Å². The lowest BCUT2D eigenvalue weighted by Gasteiger charge is -2.17. The molecule has 2 N–H and O–H groups in total. The summed E-state index contributed by atoms with van der Waals surface area (Å²) in [5, 5.41) is 12.0. The van der Waals surface area contributed by atoms with Crippen LogP contribution in [0, 0.1) is 0 Å². The van der Waals surface area contributed by atoms with Crippen LogP contribution in [0.3, 0.4) is 0 Å². The fourth-order valence-corrected chi connectivity index (χ4v) is 2.21. The molecule has 1 aliphatic rings. The first kappa shape index (κ1) is 7.88. The van der Waals surface area contributed by atoms with Crippen LogP contribution < -0.4 is 5.32 Å². The van der Waals surface area contributed by atoms with Gasteiger partial charge in [-0.3, -0.25) is 4.79 Å². The van der Waals surface area contributed by atoms with Crippen LogP contribution in [0.15, 0.2) is 0 Å². The van der Waals surface area contributed by atoms with Gasteiger partial charge in [-0.15, -0.1) is 0 Å². The van der Waals surface area contributed by atoms with E-state index in [0.29, 0.717) is 12.2 Å². The summed E-state index contributed by atoms with van der Waals surface area (Å²) in [6, 6.07) is 0. The average molecular weight is 161 g/mol. The maximum absolute atomic E-state index is 11.0. The van der Waals surface area contributed by atoms with Crippen molar-refractivity contribution in [2.45, 2.75) is 12.0 Å². The molecule has 0 aromatic carbocycles. The minimum Gasteiger partial charge on any atom is -0.379 e. The van der Waals surface area contributed by atoms with Crippen molar-refractivity contribution in [2.75, 3.05) is 18.6 Å². The summed E-state index contributed by atoms with van der Waals surface area (Å²) >= 11 is 1.61. The number of carbonyl (C=O) groups excluding carboxylic acids is 1. The number of carbonyl (C=O) groups is 1. The van der Waals surface area contributed by atoms with Gasteiger partial charge in [0, 0.05) is 12.8 Å². The van der Waals surface area contributed by atoms with Crippen LogP contribution in [-0.4, -0.2) is 35.2 Å². The smallest absolute Gasteiger partial charge is 0.252 e. The molecule has 1 amide bonds. The highest BCUT2D eigenvalue weighted by molar-refractivity contribution is 7.99. The molecule has 0 aromatic heterocycles. The van der Waals surface area contributed by atoms with Crippen molar-refractivity contribution in [1.29, 1.82) is 0 Å². The van der Waals surface area contributed by atoms with Crippen molar-refractivity contribution in [3.8, 4) is 0 Å². The molecule has 1 rings (SSSR count). The Balaban J connectivity index is 2.58. The number of nitrogens with one attached hydrogen (secondary N) is 1. The number of rotatable bonds is 1. The van der Waals surface area contributed by atoms with Crippen LogP contribution in [0.5, 0.6) is 0 Å². The topological polar surface area (TPSA) is 49.3 Å². The van der Waals surface area contributed by atoms with E-state index in [1.807, 2.05) is 0 Å². The predicted molar refractivity (Wildman–Crippen MR) is 41.0 cm³/mol. The normalized spacial score (nSPS) is 32.2. The van der Waals surface area contributed by atoms with Crippen molar-refractivity contribution in [1.82, 2.24) is 5.32 Å². The van der Waals surface area contributed by atoms with E-state index in [0.717, 1.165) is 5.75 Å². The van der Waals surface area contributed by atoms with E-state index in [2.05, 4.69) is 5.32 Å². The Morgan fingerprint density at radius 3 is 2.90 bits per heavy atom. The zero-order valence-electron chi connectivity index (χ0n) is 5.89. The largest absolute Gasteiger partial charge is 0.379 e. The molecule has 0 saturated carbocycles. The van der Waals surface area contributed by atoms with Gasteiger partial charge in [-0.1, -0.05) is 0 Å². The second-order valence-electron chi connectivity index (χ2n) is 2.41. The minimum absolute atomic E-state index is 0.252. The molecule has 1 saturated heterocycles. The number of thioether (sulfide) groups is 1. The van der Waals surface area contributed by atoms with Gasteiger partial charge < -0.3 is 10.4 Å². The third-order valence-corrected chi connectivity index (χ3v) is 2.83. The molecule has 4 heteroatoms. The molecule has 10 heavy (non-hydrogen) atoms. The first-order valence-electron chi connectivity index (χ1n) is 3.21. The van der Waals surface area contributed by atoms with Gasteiger partial charge in [0.1, 0.15) is 0 Å². The lowest BCUT2D eigenvalue weighted by molar-refractivity contribution is -0.136. The van der Waals surface area contributed by atoms with E-state index in [1.165, 1.54) is 0 Å². The Morgan fingerprint density at radius 1 is 1.80 bits per heavy atom. The summed E-state index contributed by atoms with van der Waals surface area (Å²) in [4.78, 5) is 11.0. The standard InChI is InChI=1S/C6H11NO2S/c1-7-5(8)6(9)2-3-10-4-6/h9H,2-4H2,1H3,(H,7,8). The third kappa shape index (κ3) is 1.27. The van der Waals surface area contributed by atoms with Gasteiger partial charge in [0.25, 0.3) is 5.91 Å². The number of hydrogen-bond donors (Lipinski definition) is 2. The van der Waals surface area contributed by atoms with Crippen LogP contribution in [-0.2, 0) is 4.79 Å². The van der Waals surface area contributed by atoms with E-state index < -0.39 is 5.60 Å². The summed E-state index contributed by atoms with van der Waals surface area (Å²) in [6.07, 6.45) is 0.581. The second-order valence-corrected chi connectivity index (χ2v) is 3.52. The van der Waals surface area contributed by atoms with Crippen LogP contribution in [0.4, 0.5) is 0 Å². The summed E-state index contributed by atoms with van der Waals surface area (Å²) in [5.41, 5.74) is -1.08. The average Bonchev–Trinajstić information content (AvgIpc) is 2.36. The zero-order chi connectivity index (χ0) is 7.61. The Labute approximate surface area is 64.2 Å². The van der Waals surface area contributed by atoms with Gasteiger partial charge in [-0.2, -0.15) is 11.8 Å². The van der Waals surface area contributed by atoms with Crippen molar-refractivity contribution in [2.24, 2.45) is 0 Å². The van der Waals surface area contributed by atoms with Gasteiger partial charge in [0.05, 0.1) is 0 Å². The van der Waals surface area contributed by atoms with Crippen molar-refractivity contribution in [3.05, 3.63) is 0 Å². The molecule has 3 nitrogen and oxygen atoms in total. The Morgan fingerprint density at radius 2 is 2.50 bits per heavy atom. The van der Waals surface area contributed by atoms with Gasteiger partial charge in [-0.25, -0.2) is 0 Å². The van der Waals surface area contributed by atoms with Crippen molar-refractivity contribution in [3.63, 3.8) is 0 Å². The third-order valence-electron chi connectivity index (χ3n) is 1.65. The van der Waals surface area contributed by atoms with E-state index >= 15 is 0 Å². The van der Waals surface area contributed by atoms with Gasteiger partial charge in [-0.05, 0) is 12.2 Å². The van der Waals surface area contributed by atoms with Crippen molar-refractivity contribution < 1.29 is 9.90 Å². The minimum atomic E-state index is -1.08. The van der Waals surface area contributed by atoms with Crippen molar-refractivity contribution >= 4 is 17.7 Å². The molecule has 58 valence electrons. The fraction of sp³-hybridized carbons (Fsp3) is 0.833. The first-order valence-corrected chi connectivity index (χ1v) is 4.37. The number of aliphatic hydroxyl groups is 1. The van der Waals surface area contributed by atoms with E-state index in [9.17, 15) is 9.90 Å². The molecule has 1 aliphatic heterocycles. The van der Waals surface area contributed by atoms with Gasteiger partial charge >= 0.3 is 0 Å². The molecule has 0 aromatic rings. The number of amides is 1. The quantitative estimate of drug-likeness (QED) is 0.550. The zero-order valence-corrected chi connectivity index (χ0v) is 6.70. The molecule has 1 heterocycles. The highest BCUT2D eigenvalue weighted by atomic mass is 32.2. The van der Waals surface area contributed by atoms with Crippen LogP contribution >= 0.6 is 11.8 Å². The Bertz CT molecular complexity index is 143. The maximum atomic E-state index is 11.0. The van der Waals surface area contributed by atoms with Gasteiger partial charge in [0.2, 0.25) is 0 Å². The SMILES string of the molecule is CNC(=O)C1(O)CCSC1. The summed E-state index contributed by atoms with van der Waals surface area (Å²) in [7, 11) is 1.54.